The van der Waals surface area contributed by atoms with Crippen LogP contribution >= 0.6 is 0 Å². The Morgan fingerprint density at radius 3 is 2.56 bits per heavy atom. The number of piperidine rings is 1. The van der Waals surface area contributed by atoms with Gasteiger partial charge in [0, 0.05) is 25.7 Å². The second-order valence-corrected chi connectivity index (χ2v) is 8.18. The molecule has 1 aliphatic heterocycles. The van der Waals surface area contributed by atoms with Crippen LogP contribution in [0.4, 0.5) is 9.18 Å². The Morgan fingerprint density at radius 2 is 1.85 bits per heavy atom. The summed E-state index contributed by atoms with van der Waals surface area (Å²) in [7, 11) is 0. The van der Waals surface area contributed by atoms with Gasteiger partial charge in [0.15, 0.2) is 0 Å². The van der Waals surface area contributed by atoms with Gasteiger partial charge in [-0.25, -0.2) is 9.18 Å². The van der Waals surface area contributed by atoms with E-state index < -0.39 is 5.41 Å². The number of nitrogens with one attached hydrogen (secondary N) is 2. The zero-order valence-electron chi connectivity index (χ0n) is 16.1. The lowest BCUT2D eigenvalue weighted by Gasteiger charge is -2.40. The van der Waals surface area contributed by atoms with Crippen LogP contribution in [-0.2, 0) is 11.3 Å². The third kappa shape index (κ3) is 5.21. The first-order chi connectivity index (χ1) is 13.0. The zero-order chi connectivity index (χ0) is 19.3. The monoisotopic (exact) mass is 375 g/mol. The van der Waals surface area contributed by atoms with Crippen molar-refractivity contribution < 1.29 is 14.0 Å². The van der Waals surface area contributed by atoms with Crippen LogP contribution in [-0.4, -0.2) is 36.0 Å². The van der Waals surface area contributed by atoms with Crippen molar-refractivity contribution in [1.82, 2.24) is 15.5 Å². The van der Waals surface area contributed by atoms with E-state index in [-0.39, 0.29) is 23.8 Å². The van der Waals surface area contributed by atoms with Gasteiger partial charge >= 0.3 is 6.03 Å². The third-order valence-corrected chi connectivity index (χ3v) is 5.83. The van der Waals surface area contributed by atoms with Gasteiger partial charge in [0.2, 0.25) is 5.91 Å². The maximum atomic E-state index is 13.0. The zero-order valence-corrected chi connectivity index (χ0v) is 16.1. The number of nitrogens with zero attached hydrogens (tertiary/aromatic N) is 1. The van der Waals surface area contributed by atoms with E-state index in [1.165, 1.54) is 31.4 Å². The molecular weight excluding hydrogens is 345 g/mol. The lowest BCUT2D eigenvalue weighted by atomic mass is 9.81. The molecule has 5 nitrogen and oxygen atoms in total. The molecular formula is C21H30FN3O2. The van der Waals surface area contributed by atoms with Crippen LogP contribution in [0.5, 0.6) is 0 Å². The van der Waals surface area contributed by atoms with Gasteiger partial charge in [-0.3, -0.25) is 4.79 Å². The second kappa shape index (κ2) is 8.72. The second-order valence-electron chi connectivity index (χ2n) is 8.18. The fourth-order valence-electron chi connectivity index (χ4n) is 4.11. The largest absolute Gasteiger partial charge is 0.351 e. The van der Waals surface area contributed by atoms with Gasteiger partial charge in [-0.2, -0.15) is 0 Å². The van der Waals surface area contributed by atoms with Crippen molar-refractivity contribution in [2.45, 2.75) is 64.5 Å². The van der Waals surface area contributed by atoms with Crippen LogP contribution in [0, 0.1) is 11.2 Å². The van der Waals surface area contributed by atoms with E-state index in [1.807, 2.05) is 6.92 Å². The molecule has 1 aromatic carbocycles. The van der Waals surface area contributed by atoms with Gasteiger partial charge in [-0.05, 0) is 50.3 Å². The minimum absolute atomic E-state index is 0.0424. The molecule has 1 saturated carbocycles. The van der Waals surface area contributed by atoms with Gasteiger partial charge in [0.25, 0.3) is 0 Å². The fourth-order valence-corrected chi connectivity index (χ4v) is 4.11. The lowest BCUT2D eigenvalue weighted by molar-refractivity contribution is -0.132. The predicted molar refractivity (Wildman–Crippen MR) is 103 cm³/mol. The minimum atomic E-state index is -0.595. The molecule has 0 aromatic heterocycles. The third-order valence-electron chi connectivity index (χ3n) is 5.83. The Balaban J connectivity index is 1.53. The summed E-state index contributed by atoms with van der Waals surface area (Å²) in [6, 6.07) is 6.35. The lowest BCUT2D eigenvalue weighted by Crippen LogP contribution is -2.55. The summed E-state index contributed by atoms with van der Waals surface area (Å²) < 4.78 is 13.0. The molecule has 0 radical (unpaired) electrons. The first-order valence-corrected chi connectivity index (χ1v) is 10.0. The van der Waals surface area contributed by atoms with Crippen LogP contribution in [0.25, 0.3) is 0 Å². The maximum absolute atomic E-state index is 13.0. The number of likely N-dealkylation sites (tertiary alicyclic amines) is 1. The van der Waals surface area contributed by atoms with E-state index in [4.69, 9.17) is 0 Å². The SMILES string of the molecule is C[C@]1(C(=O)NCc2ccc(F)cc2)CCCN(C(=O)NC2CCCCC2)C1. The summed E-state index contributed by atoms with van der Waals surface area (Å²) >= 11 is 0. The van der Waals surface area contributed by atoms with Crippen LogP contribution in [0.1, 0.15) is 57.4 Å². The van der Waals surface area contributed by atoms with Crippen molar-refractivity contribution in [3.05, 3.63) is 35.6 Å². The fraction of sp³-hybridized carbons (Fsp3) is 0.619. The van der Waals surface area contributed by atoms with Crippen LogP contribution in [0.2, 0.25) is 0 Å². The van der Waals surface area contributed by atoms with Gasteiger partial charge < -0.3 is 15.5 Å². The Labute approximate surface area is 160 Å². The Kier molecular flexibility index (Phi) is 6.34. The molecule has 1 atom stereocenters. The normalized spacial score (nSPS) is 23.7. The molecule has 0 unspecified atom stereocenters. The molecule has 1 saturated heterocycles. The van der Waals surface area contributed by atoms with Crippen molar-refractivity contribution in [1.29, 1.82) is 0 Å². The highest BCUT2D eigenvalue weighted by Crippen LogP contribution is 2.30. The first-order valence-electron chi connectivity index (χ1n) is 10.0. The number of hydrogen-bond acceptors (Lipinski definition) is 2. The Bertz CT molecular complexity index is 658. The molecule has 1 aliphatic carbocycles. The number of carbonyl (C=O) groups excluding carboxylic acids is 2. The van der Waals surface area contributed by atoms with E-state index in [0.717, 1.165) is 31.2 Å². The average molecular weight is 375 g/mol. The summed E-state index contributed by atoms with van der Waals surface area (Å²) in [6.45, 7) is 3.41. The first kappa shape index (κ1) is 19.6. The summed E-state index contributed by atoms with van der Waals surface area (Å²) in [5.41, 5.74) is 0.262. The number of rotatable bonds is 4. The molecule has 3 amide bonds. The van der Waals surface area contributed by atoms with E-state index in [9.17, 15) is 14.0 Å². The molecule has 0 spiro atoms. The minimum Gasteiger partial charge on any atom is -0.351 e. The number of hydrogen-bond donors (Lipinski definition) is 2. The van der Waals surface area contributed by atoms with Crippen molar-refractivity contribution in [3.8, 4) is 0 Å². The highest BCUT2D eigenvalue weighted by atomic mass is 19.1. The number of halogens is 1. The molecule has 3 rings (SSSR count). The van der Waals surface area contributed by atoms with Crippen LogP contribution in [0.3, 0.4) is 0 Å². The van der Waals surface area contributed by atoms with Gasteiger partial charge in [-0.15, -0.1) is 0 Å². The van der Waals surface area contributed by atoms with Crippen molar-refractivity contribution in [2.75, 3.05) is 13.1 Å². The molecule has 6 heteroatoms. The smallest absolute Gasteiger partial charge is 0.317 e. The summed E-state index contributed by atoms with van der Waals surface area (Å²) in [5, 5.41) is 6.10. The van der Waals surface area contributed by atoms with Crippen molar-refractivity contribution >= 4 is 11.9 Å². The van der Waals surface area contributed by atoms with Gasteiger partial charge in [-0.1, -0.05) is 31.4 Å². The van der Waals surface area contributed by atoms with Crippen LogP contribution in [0.15, 0.2) is 24.3 Å². The Hall–Kier alpha value is -2.11. The molecule has 0 bridgehead atoms. The molecule has 2 N–H and O–H groups in total. The summed E-state index contributed by atoms with van der Waals surface area (Å²) in [5.74, 6) is -0.342. The van der Waals surface area contributed by atoms with E-state index in [1.54, 1.807) is 17.0 Å². The number of urea groups is 1. The Morgan fingerprint density at radius 1 is 1.15 bits per heavy atom. The molecule has 1 aromatic rings. The maximum Gasteiger partial charge on any atom is 0.317 e. The van der Waals surface area contributed by atoms with Gasteiger partial charge in [0.05, 0.1) is 5.41 Å². The number of carbonyl (C=O) groups is 2. The van der Waals surface area contributed by atoms with Crippen molar-refractivity contribution in [3.63, 3.8) is 0 Å². The summed E-state index contributed by atoms with van der Waals surface area (Å²) in [4.78, 5) is 27.2. The molecule has 2 fully saturated rings. The van der Waals surface area contributed by atoms with E-state index in [0.29, 0.717) is 19.6 Å². The van der Waals surface area contributed by atoms with Gasteiger partial charge in [0.1, 0.15) is 5.82 Å². The quantitative estimate of drug-likeness (QED) is 0.845. The molecule has 2 aliphatic rings. The predicted octanol–water partition coefficient (Wildman–Crippen LogP) is 3.59. The number of benzene rings is 1. The number of amides is 3. The molecule has 148 valence electrons. The van der Waals surface area contributed by atoms with E-state index >= 15 is 0 Å². The topological polar surface area (TPSA) is 61.4 Å². The average Bonchev–Trinajstić information content (AvgIpc) is 2.68. The molecule has 1 heterocycles. The van der Waals surface area contributed by atoms with E-state index in [2.05, 4.69) is 10.6 Å². The highest BCUT2D eigenvalue weighted by molar-refractivity contribution is 5.84. The standard InChI is InChI=1S/C21H30FN3O2/c1-21(19(26)23-14-16-8-10-17(22)11-9-16)12-5-13-25(15-21)20(27)24-18-6-3-2-4-7-18/h8-11,18H,2-7,12-15H2,1H3,(H,23,26)(H,24,27)/t21-/m0/s1. The van der Waals surface area contributed by atoms with Crippen LogP contribution < -0.4 is 10.6 Å². The van der Waals surface area contributed by atoms with Crippen molar-refractivity contribution in [2.24, 2.45) is 5.41 Å². The summed E-state index contributed by atoms with van der Waals surface area (Å²) in [6.07, 6.45) is 7.28. The molecule has 27 heavy (non-hydrogen) atoms. The highest BCUT2D eigenvalue weighted by Gasteiger charge is 2.39.